The number of thiophene rings is 2. The lowest BCUT2D eigenvalue weighted by Crippen LogP contribution is -2.28. The summed E-state index contributed by atoms with van der Waals surface area (Å²) >= 11 is 3.68. The van der Waals surface area contributed by atoms with Gasteiger partial charge in [0.1, 0.15) is 0 Å². The quantitative estimate of drug-likeness (QED) is 0.178. The molecular weight excluding hydrogens is 753 g/mol. The van der Waals surface area contributed by atoms with E-state index in [9.17, 15) is 0 Å². The maximum Gasteiger partial charge on any atom is 0.160 e. The molecule has 0 radical (unpaired) electrons. The molecule has 4 heteroatoms. The van der Waals surface area contributed by atoms with Gasteiger partial charge in [0.05, 0.1) is 15.9 Å². The third kappa shape index (κ3) is 4.73. The average Bonchev–Trinajstić information content (AvgIpc) is 3.99. The van der Waals surface area contributed by atoms with E-state index >= 15 is 0 Å². The van der Waals surface area contributed by atoms with Gasteiger partial charge < -0.3 is 0 Å². The second kappa shape index (κ2) is 12.3. The Balaban J connectivity index is 0.972. The molecule has 10 aromatic rings. The number of hydrogen-bond acceptors (Lipinski definition) is 4. The highest BCUT2D eigenvalue weighted by Gasteiger charge is 2.46. The van der Waals surface area contributed by atoms with Crippen LogP contribution in [0.5, 0.6) is 0 Å². The molecule has 3 aliphatic carbocycles. The summed E-state index contributed by atoms with van der Waals surface area (Å²) in [4.78, 5) is 10.5. The van der Waals surface area contributed by atoms with Crippen molar-refractivity contribution in [2.45, 2.75) is 56.8 Å². The minimum absolute atomic E-state index is 0.0252. The molecule has 13 rings (SSSR count). The fraction of sp³-hybridized carbons (Fsp3) is 0.164. The van der Waals surface area contributed by atoms with Gasteiger partial charge in [-0.25, -0.2) is 9.97 Å². The molecule has 0 saturated heterocycles. The van der Waals surface area contributed by atoms with Crippen LogP contribution in [0.25, 0.3) is 96.5 Å². The Morgan fingerprint density at radius 2 is 1.12 bits per heavy atom. The van der Waals surface area contributed by atoms with E-state index in [0.29, 0.717) is 0 Å². The lowest BCUT2D eigenvalue weighted by molar-refractivity contribution is 0.353. The predicted molar refractivity (Wildman–Crippen MR) is 251 cm³/mol. The van der Waals surface area contributed by atoms with Crippen LogP contribution < -0.4 is 0 Å². The molecule has 0 N–H and O–H groups in total. The van der Waals surface area contributed by atoms with E-state index < -0.39 is 0 Å². The molecule has 0 aliphatic heterocycles. The van der Waals surface area contributed by atoms with Crippen molar-refractivity contribution in [3.05, 3.63) is 168 Å². The van der Waals surface area contributed by atoms with Gasteiger partial charge in [0.15, 0.2) is 5.82 Å². The van der Waals surface area contributed by atoms with Gasteiger partial charge in [-0.2, -0.15) is 0 Å². The van der Waals surface area contributed by atoms with Gasteiger partial charge in [-0.3, -0.25) is 0 Å². The van der Waals surface area contributed by atoms with Gasteiger partial charge in [0.25, 0.3) is 0 Å². The average molecular weight is 793 g/mol. The van der Waals surface area contributed by atoms with Gasteiger partial charge in [0, 0.05) is 52.2 Å². The summed E-state index contributed by atoms with van der Waals surface area (Å²) in [5.41, 5.74) is 18.7. The number of fused-ring (bicyclic) bond motifs is 14. The molecule has 1 fully saturated rings. The maximum absolute atomic E-state index is 5.36. The molecule has 0 unspecified atom stereocenters. The molecule has 282 valence electrons. The summed E-state index contributed by atoms with van der Waals surface area (Å²) in [6.07, 6.45) is 6.39. The minimum Gasteiger partial charge on any atom is -0.226 e. The molecule has 0 bridgehead atoms. The predicted octanol–water partition coefficient (Wildman–Crippen LogP) is 15.8. The van der Waals surface area contributed by atoms with Crippen LogP contribution in [0.3, 0.4) is 0 Å². The maximum atomic E-state index is 5.36. The summed E-state index contributed by atoms with van der Waals surface area (Å²) in [6, 6.07) is 54.7. The highest BCUT2D eigenvalue weighted by molar-refractivity contribution is 7.27. The monoisotopic (exact) mass is 792 g/mol. The van der Waals surface area contributed by atoms with Crippen LogP contribution in [0.2, 0.25) is 0 Å². The van der Waals surface area contributed by atoms with Crippen molar-refractivity contribution in [3.8, 4) is 56.0 Å². The highest BCUT2D eigenvalue weighted by Crippen LogP contribution is 2.60. The topological polar surface area (TPSA) is 25.8 Å². The van der Waals surface area contributed by atoms with Crippen molar-refractivity contribution >= 4 is 63.1 Å². The summed E-state index contributed by atoms with van der Waals surface area (Å²) < 4.78 is 4.95. The second-order valence-electron chi connectivity index (χ2n) is 17.6. The van der Waals surface area contributed by atoms with E-state index in [-0.39, 0.29) is 10.8 Å². The molecule has 3 heterocycles. The third-order valence-electron chi connectivity index (χ3n) is 14.1. The first-order chi connectivity index (χ1) is 29.0. The smallest absolute Gasteiger partial charge is 0.160 e. The molecule has 7 aromatic carbocycles. The summed E-state index contributed by atoms with van der Waals surface area (Å²) in [5, 5.41) is 3.77. The number of benzene rings is 7. The van der Waals surface area contributed by atoms with Crippen LogP contribution in [0.4, 0.5) is 0 Å². The van der Waals surface area contributed by atoms with Crippen LogP contribution in [0.1, 0.15) is 68.2 Å². The van der Waals surface area contributed by atoms with Crippen molar-refractivity contribution < 1.29 is 0 Å². The van der Waals surface area contributed by atoms with Crippen molar-refractivity contribution in [1.29, 1.82) is 0 Å². The van der Waals surface area contributed by atoms with Crippen LogP contribution in [0, 0.1) is 0 Å². The molecule has 0 amide bonds. The number of rotatable bonds is 3. The SMILES string of the molecule is CC1(C)c2ccccc2-c2cc3c(cc21)-c1cc(-c2ccc4sc5c(-c6nc(-c7ccccc7)nc7c6sc6ccccc67)cccc5c4c2)ccc1C31CCCCC1. The molecule has 1 saturated carbocycles. The van der Waals surface area contributed by atoms with Crippen molar-refractivity contribution in [3.63, 3.8) is 0 Å². The van der Waals surface area contributed by atoms with E-state index in [4.69, 9.17) is 9.97 Å². The van der Waals surface area contributed by atoms with Crippen LogP contribution >= 0.6 is 22.7 Å². The largest absolute Gasteiger partial charge is 0.226 e. The van der Waals surface area contributed by atoms with Gasteiger partial charge >= 0.3 is 0 Å². The number of aromatic nitrogens is 2. The number of nitrogens with zero attached hydrogens (tertiary/aromatic N) is 2. The first-order valence-corrected chi connectivity index (χ1v) is 22.7. The molecule has 59 heavy (non-hydrogen) atoms. The second-order valence-corrected chi connectivity index (χ2v) is 19.7. The van der Waals surface area contributed by atoms with Crippen LogP contribution in [0.15, 0.2) is 146 Å². The fourth-order valence-electron chi connectivity index (χ4n) is 11.2. The molecule has 1 spiro atoms. The highest BCUT2D eigenvalue weighted by atomic mass is 32.1. The first kappa shape index (κ1) is 34.0. The summed E-state index contributed by atoms with van der Waals surface area (Å²) in [6.45, 7) is 4.83. The van der Waals surface area contributed by atoms with Gasteiger partial charge in [-0.05, 0) is 105 Å². The zero-order chi connectivity index (χ0) is 39.0. The Morgan fingerprint density at radius 3 is 2.02 bits per heavy atom. The van der Waals surface area contributed by atoms with E-state index in [1.165, 1.54) is 112 Å². The number of hydrogen-bond donors (Lipinski definition) is 0. The van der Waals surface area contributed by atoms with E-state index in [2.05, 4.69) is 159 Å². The zero-order valence-corrected chi connectivity index (χ0v) is 34.7. The standard InChI is InChI=1S/C55H40N2S2/c1-54(2)43-20-9-7-16-35(43)40-31-46-41(30-45(40)54)39-28-33(22-24-44(39)55(46)26-11-4-12-27-55)34-23-25-48-42(29-34)36-18-13-19-38(51(36)58-48)50-52-49(37-17-8-10-21-47(37)59-52)56-53(57-50)32-14-5-3-6-15-32/h3,5-10,13-25,28-31H,4,11-12,26-27H2,1-2H3. The Hall–Kier alpha value is -5.94. The van der Waals surface area contributed by atoms with E-state index in [1.54, 1.807) is 22.5 Å². The molecule has 3 aliphatic rings. The lowest BCUT2D eigenvalue weighted by atomic mass is 9.67. The Kier molecular flexibility index (Phi) is 7.08. The van der Waals surface area contributed by atoms with Gasteiger partial charge in [-0.15, -0.1) is 22.7 Å². The van der Waals surface area contributed by atoms with Gasteiger partial charge in [0.2, 0.25) is 0 Å². The normalized spacial score (nSPS) is 15.9. The molecule has 0 atom stereocenters. The van der Waals surface area contributed by atoms with E-state index in [0.717, 1.165) is 27.3 Å². The van der Waals surface area contributed by atoms with Crippen molar-refractivity contribution in [2.75, 3.05) is 0 Å². The van der Waals surface area contributed by atoms with Crippen molar-refractivity contribution in [1.82, 2.24) is 9.97 Å². The Morgan fingerprint density at radius 1 is 0.441 bits per heavy atom. The Labute approximate surface area is 351 Å². The Bertz CT molecular complexity index is 3400. The first-order valence-electron chi connectivity index (χ1n) is 21.1. The zero-order valence-electron chi connectivity index (χ0n) is 33.1. The molecule has 2 nitrogen and oxygen atoms in total. The molecule has 3 aromatic heterocycles. The summed E-state index contributed by atoms with van der Waals surface area (Å²) in [7, 11) is 0. The van der Waals surface area contributed by atoms with E-state index in [1.807, 2.05) is 11.3 Å². The third-order valence-corrected chi connectivity index (χ3v) is 16.5. The van der Waals surface area contributed by atoms with Crippen LogP contribution in [-0.2, 0) is 10.8 Å². The lowest BCUT2D eigenvalue weighted by Gasteiger charge is -2.36. The van der Waals surface area contributed by atoms with Crippen LogP contribution in [-0.4, -0.2) is 9.97 Å². The van der Waals surface area contributed by atoms with Crippen molar-refractivity contribution in [2.24, 2.45) is 0 Å². The van der Waals surface area contributed by atoms with Gasteiger partial charge in [-0.1, -0.05) is 142 Å². The minimum atomic E-state index is -0.0252. The fourth-order valence-corrected chi connectivity index (χ4v) is 13.6. The molecular formula is C55H40N2S2. The summed E-state index contributed by atoms with van der Waals surface area (Å²) in [5.74, 6) is 0.767.